The molecule has 0 saturated heterocycles. The second kappa shape index (κ2) is 4.98. The zero-order valence-electron chi connectivity index (χ0n) is 7.47. The molecule has 0 heterocycles. The Balaban J connectivity index is 2.55. The maximum Gasteiger partial charge on any atom is 0.468 e. The molecule has 1 aromatic carbocycles. The first-order valence-corrected chi connectivity index (χ1v) is 3.80. The van der Waals surface area contributed by atoms with Gasteiger partial charge in [0.05, 0.1) is 7.11 Å². The third kappa shape index (κ3) is 2.87. The molecule has 2 amide bonds. The average Bonchev–Trinajstić information content (AvgIpc) is 2.19. The van der Waals surface area contributed by atoms with Crippen molar-refractivity contribution in [2.45, 2.75) is 0 Å². The third-order valence-electron chi connectivity index (χ3n) is 1.37. The van der Waals surface area contributed by atoms with Crippen LogP contribution in [0.25, 0.3) is 0 Å². The topological polar surface area (TPSA) is 66.7 Å². The molecule has 1 aromatic rings. The zero-order valence-corrected chi connectivity index (χ0v) is 7.47. The van der Waals surface area contributed by atoms with Gasteiger partial charge in [-0.1, -0.05) is 18.2 Å². The van der Waals surface area contributed by atoms with Crippen molar-refractivity contribution >= 4 is 12.0 Å². The number of benzene rings is 1. The SMILES string of the molecule is COOC(=O)[N]C(=O)c1ccccc1. The van der Waals surface area contributed by atoms with Gasteiger partial charge in [-0.2, -0.15) is 4.89 Å². The first kappa shape index (κ1) is 10.2. The van der Waals surface area contributed by atoms with Crippen LogP contribution >= 0.6 is 0 Å². The van der Waals surface area contributed by atoms with Crippen LogP contribution in [-0.4, -0.2) is 19.1 Å². The summed E-state index contributed by atoms with van der Waals surface area (Å²) in [7, 11) is 1.15. The minimum Gasteiger partial charge on any atom is -0.274 e. The zero-order chi connectivity index (χ0) is 10.4. The van der Waals surface area contributed by atoms with Gasteiger partial charge in [-0.25, -0.2) is 4.79 Å². The molecule has 0 aliphatic rings. The van der Waals surface area contributed by atoms with Crippen LogP contribution in [0.3, 0.4) is 0 Å². The Labute approximate surface area is 80.6 Å². The van der Waals surface area contributed by atoms with Gasteiger partial charge in [0.2, 0.25) is 0 Å². The maximum atomic E-state index is 11.2. The molecule has 1 rings (SSSR count). The first-order valence-electron chi connectivity index (χ1n) is 3.80. The van der Waals surface area contributed by atoms with E-state index in [9.17, 15) is 9.59 Å². The number of amides is 2. The molecule has 0 unspecified atom stereocenters. The Morgan fingerprint density at radius 2 is 1.86 bits per heavy atom. The van der Waals surface area contributed by atoms with Crippen LogP contribution in [0.2, 0.25) is 0 Å². The lowest BCUT2D eigenvalue weighted by Gasteiger charge is -1.98. The van der Waals surface area contributed by atoms with E-state index in [0.29, 0.717) is 5.56 Å². The van der Waals surface area contributed by atoms with E-state index >= 15 is 0 Å². The van der Waals surface area contributed by atoms with E-state index in [1.54, 1.807) is 30.3 Å². The summed E-state index contributed by atoms with van der Waals surface area (Å²) in [6.45, 7) is 0. The molecular weight excluding hydrogens is 186 g/mol. The Kier molecular flexibility index (Phi) is 3.63. The molecule has 0 fully saturated rings. The van der Waals surface area contributed by atoms with Crippen molar-refractivity contribution in [3.8, 4) is 0 Å². The van der Waals surface area contributed by atoms with E-state index in [4.69, 9.17) is 0 Å². The van der Waals surface area contributed by atoms with Gasteiger partial charge in [-0.05, 0) is 12.1 Å². The number of rotatable bonds is 2. The van der Waals surface area contributed by atoms with Gasteiger partial charge in [-0.3, -0.25) is 9.68 Å². The summed E-state index contributed by atoms with van der Waals surface area (Å²) >= 11 is 0. The lowest BCUT2D eigenvalue weighted by molar-refractivity contribution is -0.212. The van der Waals surface area contributed by atoms with Crippen LogP contribution in [0, 0.1) is 0 Å². The standard InChI is InChI=1S/C9H8NO4/c1-13-14-9(12)10-8(11)7-5-3-2-4-6-7/h2-6H,1H3. The third-order valence-corrected chi connectivity index (χ3v) is 1.37. The summed E-state index contributed by atoms with van der Waals surface area (Å²) in [5.41, 5.74) is 0.320. The molecule has 0 aromatic heterocycles. The van der Waals surface area contributed by atoms with E-state index < -0.39 is 12.0 Å². The van der Waals surface area contributed by atoms with Crippen molar-refractivity contribution in [1.82, 2.24) is 5.32 Å². The van der Waals surface area contributed by atoms with Gasteiger partial charge in [0, 0.05) is 5.56 Å². The van der Waals surface area contributed by atoms with Gasteiger partial charge in [0.1, 0.15) is 0 Å². The van der Waals surface area contributed by atoms with Crippen LogP contribution < -0.4 is 5.32 Å². The molecule has 0 N–H and O–H groups in total. The second-order valence-corrected chi connectivity index (χ2v) is 2.30. The fraction of sp³-hybridized carbons (Fsp3) is 0.111. The summed E-state index contributed by atoms with van der Waals surface area (Å²) in [6, 6.07) is 8.19. The number of carbonyl (C=O) groups excluding carboxylic acids is 2. The summed E-state index contributed by atoms with van der Waals surface area (Å²) in [6.07, 6.45) is -1.07. The molecule has 14 heavy (non-hydrogen) atoms. The Morgan fingerprint density at radius 3 is 2.43 bits per heavy atom. The number of imide groups is 1. The van der Waals surface area contributed by atoms with Crippen LogP contribution in [0.15, 0.2) is 30.3 Å². The van der Waals surface area contributed by atoms with E-state index in [0.717, 1.165) is 7.11 Å². The van der Waals surface area contributed by atoms with Gasteiger partial charge in [-0.15, -0.1) is 5.32 Å². The number of hydrogen-bond donors (Lipinski definition) is 0. The molecule has 0 saturated carbocycles. The van der Waals surface area contributed by atoms with E-state index in [2.05, 4.69) is 15.1 Å². The van der Waals surface area contributed by atoms with Crippen molar-refractivity contribution in [1.29, 1.82) is 0 Å². The summed E-state index contributed by atoms with van der Waals surface area (Å²) < 4.78 is 0. The van der Waals surface area contributed by atoms with E-state index in [1.807, 2.05) is 0 Å². The van der Waals surface area contributed by atoms with Crippen LogP contribution in [-0.2, 0) is 9.78 Å². The summed E-state index contributed by atoms with van der Waals surface area (Å²) in [5.74, 6) is -0.660. The van der Waals surface area contributed by atoms with Gasteiger partial charge in [0.15, 0.2) is 0 Å². The normalized spacial score (nSPS) is 9.21. The second-order valence-electron chi connectivity index (χ2n) is 2.30. The largest absolute Gasteiger partial charge is 0.468 e. The fourth-order valence-corrected chi connectivity index (χ4v) is 0.818. The molecule has 0 aliphatic heterocycles. The molecule has 1 radical (unpaired) electrons. The highest BCUT2D eigenvalue weighted by Crippen LogP contribution is 1.98. The Morgan fingerprint density at radius 1 is 1.21 bits per heavy atom. The molecule has 5 heteroatoms. The van der Waals surface area contributed by atoms with Gasteiger partial charge >= 0.3 is 6.09 Å². The number of hydrogen-bond acceptors (Lipinski definition) is 4. The smallest absolute Gasteiger partial charge is 0.274 e. The van der Waals surface area contributed by atoms with E-state index in [-0.39, 0.29) is 0 Å². The Bertz CT molecular complexity index is 323. The summed E-state index contributed by atoms with van der Waals surface area (Å²) in [4.78, 5) is 30.0. The average molecular weight is 194 g/mol. The highest BCUT2D eigenvalue weighted by molar-refractivity contribution is 6.02. The lowest BCUT2D eigenvalue weighted by Crippen LogP contribution is -2.23. The van der Waals surface area contributed by atoms with Crippen molar-refractivity contribution in [2.24, 2.45) is 0 Å². The van der Waals surface area contributed by atoms with Crippen molar-refractivity contribution in [3.63, 3.8) is 0 Å². The van der Waals surface area contributed by atoms with Crippen LogP contribution in [0.5, 0.6) is 0 Å². The summed E-state index contributed by atoms with van der Waals surface area (Å²) in [5, 5.41) is 3.11. The minimum atomic E-state index is -1.07. The van der Waals surface area contributed by atoms with Crippen molar-refractivity contribution in [3.05, 3.63) is 35.9 Å². The van der Waals surface area contributed by atoms with Crippen LogP contribution in [0.4, 0.5) is 4.79 Å². The quantitative estimate of drug-likeness (QED) is 0.522. The van der Waals surface area contributed by atoms with Gasteiger partial charge in [0.25, 0.3) is 5.91 Å². The molecular formula is C9H8NO4. The molecule has 0 spiro atoms. The highest BCUT2D eigenvalue weighted by Gasteiger charge is 2.13. The monoisotopic (exact) mass is 194 g/mol. The Hall–Kier alpha value is -1.88. The minimum absolute atomic E-state index is 0.320. The molecule has 0 bridgehead atoms. The predicted octanol–water partition coefficient (Wildman–Crippen LogP) is 1.13. The number of carbonyl (C=O) groups is 2. The van der Waals surface area contributed by atoms with Gasteiger partial charge < -0.3 is 0 Å². The van der Waals surface area contributed by atoms with Crippen molar-refractivity contribution < 1.29 is 19.4 Å². The molecule has 0 atom stereocenters. The first-order chi connectivity index (χ1) is 6.74. The number of nitrogens with zero attached hydrogens (tertiary/aromatic N) is 1. The lowest BCUT2D eigenvalue weighted by atomic mass is 10.2. The van der Waals surface area contributed by atoms with Crippen molar-refractivity contribution in [2.75, 3.05) is 7.11 Å². The maximum absolute atomic E-state index is 11.2. The predicted molar refractivity (Wildman–Crippen MR) is 46.4 cm³/mol. The highest BCUT2D eigenvalue weighted by atomic mass is 17.2. The van der Waals surface area contributed by atoms with Crippen LogP contribution in [0.1, 0.15) is 10.4 Å². The molecule has 73 valence electrons. The molecule has 0 aliphatic carbocycles. The fourth-order valence-electron chi connectivity index (χ4n) is 0.818. The van der Waals surface area contributed by atoms with E-state index in [1.165, 1.54) is 0 Å². The molecule has 5 nitrogen and oxygen atoms in total.